The SMILES string of the molecule is Cc1ccc(C(=O)N2CCC3(CCN(c4ccsc4)C3=O)C2)cn1. The van der Waals surface area contributed by atoms with Crippen LogP contribution < -0.4 is 4.90 Å². The molecule has 4 heterocycles. The van der Waals surface area contributed by atoms with E-state index in [9.17, 15) is 9.59 Å². The Balaban J connectivity index is 1.51. The van der Waals surface area contributed by atoms with Gasteiger partial charge in [0.25, 0.3) is 5.91 Å². The van der Waals surface area contributed by atoms with Gasteiger partial charge >= 0.3 is 0 Å². The summed E-state index contributed by atoms with van der Waals surface area (Å²) in [6.45, 7) is 3.79. The smallest absolute Gasteiger partial charge is 0.255 e. The van der Waals surface area contributed by atoms with Crippen LogP contribution in [-0.2, 0) is 4.79 Å². The van der Waals surface area contributed by atoms with Crippen LogP contribution in [0.2, 0.25) is 0 Å². The maximum absolute atomic E-state index is 13.0. The number of anilines is 1. The number of pyridine rings is 1. The summed E-state index contributed by atoms with van der Waals surface area (Å²) in [5, 5.41) is 4.00. The Kier molecular flexibility index (Phi) is 3.64. The van der Waals surface area contributed by atoms with Crippen molar-refractivity contribution in [2.75, 3.05) is 24.5 Å². The second kappa shape index (κ2) is 5.70. The Labute approximate surface area is 144 Å². The summed E-state index contributed by atoms with van der Waals surface area (Å²) in [5.74, 6) is 0.138. The first-order valence-electron chi connectivity index (χ1n) is 8.15. The van der Waals surface area contributed by atoms with E-state index in [2.05, 4.69) is 4.98 Å². The van der Waals surface area contributed by atoms with Crippen molar-refractivity contribution in [2.45, 2.75) is 19.8 Å². The number of aromatic nitrogens is 1. The lowest BCUT2D eigenvalue weighted by molar-refractivity contribution is -0.124. The number of carbonyl (C=O) groups is 2. The molecule has 2 aliphatic rings. The van der Waals surface area contributed by atoms with Crippen molar-refractivity contribution in [1.29, 1.82) is 0 Å². The molecule has 6 heteroatoms. The van der Waals surface area contributed by atoms with E-state index in [1.54, 1.807) is 22.4 Å². The van der Waals surface area contributed by atoms with Gasteiger partial charge in [-0.1, -0.05) is 0 Å². The monoisotopic (exact) mass is 341 g/mol. The van der Waals surface area contributed by atoms with E-state index in [4.69, 9.17) is 0 Å². The molecule has 0 N–H and O–H groups in total. The number of thiophene rings is 1. The molecule has 2 fully saturated rings. The number of likely N-dealkylation sites (tertiary alicyclic amines) is 1. The lowest BCUT2D eigenvalue weighted by atomic mass is 9.85. The highest BCUT2D eigenvalue weighted by Gasteiger charge is 2.52. The average Bonchev–Trinajstić information content (AvgIpc) is 3.31. The van der Waals surface area contributed by atoms with E-state index in [0.29, 0.717) is 18.7 Å². The molecule has 1 unspecified atom stereocenters. The zero-order chi connectivity index (χ0) is 16.7. The number of nitrogens with zero attached hydrogens (tertiary/aromatic N) is 3. The minimum Gasteiger partial charge on any atom is -0.337 e. The Morgan fingerprint density at radius 3 is 2.79 bits per heavy atom. The van der Waals surface area contributed by atoms with Crippen LogP contribution in [-0.4, -0.2) is 41.3 Å². The molecular weight excluding hydrogens is 322 g/mol. The molecule has 2 saturated heterocycles. The number of rotatable bonds is 2. The quantitative estimate of drug-likeness (QED) is 0.844. The number of hydrogen-bond acceptors (Lipinski definition) is 4. The fourth-order valence-corrected chi connectivity index (χ4v) is 4.32. The molecule has 0 radical (unpaired) electrons. The van der Waals surface area contributed by atoms with Crippen molar-refractivity contribution in [3.8, 4) is 0 Å². The zero-order valence-electron chi connectivity index (χ0n) is 13.6. The van der Waals surface area contributed by atoms with E-state index >= 15 is 0 Å². The molecule has 1 spiro atoms. The maximum Gasteiger partial charge on any atom is 0.255 e. The Bertz CT molecular complexity index is 772. The number of hydrogen-bond donors (Lipinski definition) is 0. The van der Waals surface area contributed by atoms with Crippen LogP contribution >= 0.6 is 11.3 Å². The maximum atomic E-state index is 13.0. The molecule has 2 aliphatic heterocycles. The minimum absolute atomic E-state index is 0.0267. The average molecular weight is 341 g/mol. The summed E-state index contributed by atoms with van der Waals surface area (Å²) in [4.78, 5) is 33.5. The van der Waals surface area contributed by atoms with Crippen LogP contribution in [0, 0.1) is 12.3 Å². The van der Waals surface area contributed by atoms with Crippen molar-refractivity contribution in [3.63, 3.8) is 0 Å². The molecule has 5 nitrogen and oxygen atoms in total. The molecule has 2 amide bonds. The highest BCUT2D eigenvalue weighted by molar-refractivity contribution is 7.08. The van der Waals surface area contributed by atoms with Crippen molar-refractivity contribution in [1.82, 2.24) is 9.88 Å². The third-order valence-corrected chi connectivity index (χ3v) is 5.80. The predicted molar refractivity (Wildman–Crippen MR) is 93.2 cm³/mol. The molecule has 0 aromatic carbocycles. The third kappa shape index (κ3) is 2.41. The van der Waals surface area contributed by atoms with Crippen molar-refractivity contribution in [2.24, 2.45) is 5.41 Å². The van der Waals surface area contributed by atoms with E-state index in [0.717, 1.165) is 30.8 Å². The summed E-state index contributed by atoms with van der Waals surface area (Å²) < 4.78 is 0. The van der Waals surface area contributed by atoms with Crippen LogP contribution in [0.25, 0.3) is 0 Å². The van der Waals surface area contributed by atoms with E-state index in [-0.39, 0.29) is 11.8 Å². The first-order valence-corrected chi connectivity index (χ1v) is 9.09. The molecule has 24 heavy (non-hydrogen) atoms. The lowest BCUT2D eigenvalue weighted by Crippen LogP contribution is -2.38. The summed E-state index contributed by atoms with van der Waals surface area (Å²) in [6.07, 6.45) is 3.19. The molecular formula is C18H19N3O2S. The van der Waals surface area contributed by atoms with Gasteiger partial charge in [0.15, 0.2) is 0 Å². The summed E-state index contributed by atoms with van der Waals surface area (Å²) in [6, 6.07) is 5.64. The molecule has 0 aliphatic carbocycles. The Hall–Kier alpha value is -2.21. The first kappa shape index (κ1) is 15.3. The lowest BCUT2D eigenvalue weighted by Gasteiger charge is -2.23. The number of carbonyl (C=O) groups excluding carboxylic acids is 2. The van der Waals surface area contributed by atoms with Crippen LogP contribution in [0.4, 0.5) is 5.69 Å². The summed E-state index contributed by atoms with van der Waals surface area (Å²) >= 11 is 1.60. The van der Waals surface area contributed by atoms with Crippen molar-refractivity contribution >= 4 is 28.8 Å². The van der Waals surface area contributed by atoms with Crippen molar-refractivity contribution < 1.29 is 9.59 Å². The van der Waals surface area contributed by atoms with Gasteiger partial charge < -0.3 is 9.80 Å². The first-order chi connectivity index (χ1) is 11.6. The molecule has 2 aromatic heterocycles. The zero-order valence-corrected chi connectivity index (χ0v) is 14.4. The van der Waals surface area contributed by atoms with E-state index < -0.39 is 5.41 Å². The molecule has 0 saturated carbocycles. The largest absolute Gasteiger partial charge is 0.337 e. The normalized spacial score (nSPS) is 23.5. The van der Waals surface area contributed by atoms with Gasteiger partial charge in [-0.3, -0.25) is 14.6 Å². The van der Waals surface area contributed by atoms with Gasteiger partial charge in [0.05, 0.1) is 16.7 Å². The summed E-state index contributed by atoms with van der Waals surface area (Å²) in [5.41, 5.74) is 2.06. The molecule has 2 aromatic rings. The van der Waals surface area contributed by atoms with Gasteiger partial charge in [0, 0.05) is 36.9 Å². The van der Waals surface area contributed by atoms with Crippen LogP contribution in [0.1, 0.15) is 28.9 Å². The minimum atomic E-state index is -0.407. The number of amides is 2. The Morgan fingerprint density at radius 2 is 2.08 bits per heavy atom. The molecule has 0 bridgehead atoms. The van der Waals surface area contributed by atoms with Crippen molar-refractivity contribution in [3.05, 3.63) is 46.4 Å². The second-order valence-electron chi connectivity index (χ2n) is 6.63. The van der Waals surface area contributed by atoms with Gasteiger partial charge in [-0.05, 0) is 43.3 Å². The van der Waals surface area contributed by atoms with Gasteiger partial charge in [0.1, 0.15) is 0 Å². The predicted octanol–water partition coefficient (Wildman–Crippen LogP) is 2.72. The Morgan fingerprint density at radius 1 is 1.25 bits per heavy atom. The van der Waals surface area contributed by atoms with E-state index in [1.807, 2.05) is 40.8 Å². The summed E-state index contributed by atoms with van der Waals surface area (Å²) in [7, 11) is 0. The fourth-order valence-electron chi connectivity index (χ4n) is 3.68. The van der Waals surface area contributed by atoms with Gasteiger partial charge in [0.2, 0.25) is 5.91 Å². The highest BCUT2D eigenvalue weighted by atomic mass is 32.1. The highest BCUT2D eigenvalue weighted by Crippen LogP contribution is 2.42. The van der Waals surface area contributed by atoms with Crippen LogP contribution in [0.15, 0.2) is 35.2 Å². The number of aryl methyl sites for hydroxylation is 1. The second-order valence-corrected chi connectivity index (χ2v) is 7.41. The standard InChI is InChI=1S/C18H19N3O2S/c1-13-2-3-14(10-19-13)16(22)20-7-5-18(12-20)6-8-21(17(18)23)15-4-9-24-11-15/h2-4,9-11H,5-8,12H2,1H3. The third-order valence-electron chi connectivity index (χ3n) is 5.13. The fraction of sp³-hybridized carbons (Fsp3) is 0.389. The van der Waals surface area contributed by atoms with Gasteiger partial charge in [-0.25, -0.2) is 0 Å². The molecule has 1 atom stereocenters. The van der Waals surface area contributed by atoms with Gasteiger partial charge in [-0.15, -0.1) is 0 Å². The topological polar surface area (TPSA) is 53.5 Å². The van der Waals surface area contributed by atoms with E-state index in [1.165, 1.54) is 0 Å². The van der Waals surface area contributed by atoms with Gasteiger partial charge in [-0.2, -0.15) is 11.3 Å². The van der Waals surface area contributed by atoms with Crippen LogP contribution in [0.5, 0.6) is 0 Å². The van der Waals surface area contributed by atoms with Crippen LogP contribution in [0.3, 0.4) is 0 Å². The molecule has 124 valence electrons. The molecule has 4 rings (SSSR count).